The molecular weight excluding hydrogens is 510 g/mol. The fourth-order valence-electron chi connectivity index (χ4n) is 3.16. The standard InChI is InChI=1S/C24H25BrClN3O4/c1-4-6-7-22-28-20-10-8-17(25)13-19(20)23(30)29(22)27-14-16-12-18(26)9-11-21(16)33-15(3)24(31)32-5-2/h8-15H,4-7H2,1-3H3/t15-/m0/s1. The van der Waals surface area contributed by atoms with Gasteiger partial charge in [0.2, 0.25) is 0 Å². The number of halogens is 2. The van der Waals surface area contributed by atoms with Crippen LogP contribution in [-0.4, -0.2) is 34.6 Å². The van der Waals surface area contributed by atoms with Gasteiger partial charge in [0.25, 0.3) is 5.56 Å². The molecule has 3 rings (SSSR count). The SMILES string of the molecule is CCCCc1nc2ccc(Br)cc2c(=O)n1N=Cc1cc(Cl)ccc1O[C@@H](C)C(=O)OCC. The van der Waals surface area contributed by atoms with E-state index in [1.807, 2.05) is 12.1 Å². The minimum absolute atomic E-state index is 0.260. The molecule has 0 saturated carbocycles. The van der Waals surface area contributed by atoms with Crippen LogP contribution < -0.4 is 10.3 Å². The minimum Gasteiger partial charge on any atom is -0.478 e. The first-order valence-corrected chi connectivity index (χ1v) is 11.9. The molecule has 1 aromatic heterocycles. The Bertz CT molecular complexity index is 1240. The van der Waals surface area contributed by atoms with E-state index in [1.54, 1.807) is 38.1 Å². The molecule has 33 heavy (non-hydrogen) atoms. The van der Waals surface area contributed by atoms with Crippen LogP contribution in [0.5, 0.6) is 5.75 Å². The molecule has 0 radical (unpaired) electrons. The summed E-state index contributed by atoms with van der Waals surface area (Å²) in [4.78, 5) is 29.9. The molecule has 174 valence electrons. The van der Waals surface area contributed by atoms with E-state index in [-0.39, 0.29) is 12.2 Å². The average Bonchev–Trinajstić information content (AvgIpc) is 2.79. The van der Waals surface area contributed by atoms with Crippen LogP contribution in [0.1, 0.15) is 45.0 Å². The molecule has 0 unspecified atom stereocenters. The fraction of sp³-hybridized carbons (Fsp3) is 0.333. The van der Waals surface area contributed by atoms with Gasteiger partial charge in [-0.2, -0.15) is 9.78 Å². The van der Waals surface area contributed by atoms with Crippen molar-refractivity contribution in [1.82, 2.24) is 9.66 Å². The Morgan fingerprint density at radius 3 is 2.79 bits per heavy atom. The van der Waals surface area contributed by atoms with Crippen molar-refractivity contribution in [3.8, 4) is 5.75 Å². The number of carbonyl (C=O) groups excluding carboxylic acids is 1. The highest BCUT2D eigenvalue weighted by atomic mass is 79.9. The van der Waals surface area contributed by atoms with Crippen molar-refractivity contribution >= 4 is 50.6 Å². The molecule has 0 spiro atoms. The van der Waals surface area contributed by atoms with E-state index in [9.17, 15) is 9.59 Å². The summed E-state index contributed by atoms with van der Waals surface area (Å²) in [6.07, 6.45) is 3.10. The summed E-state index contributed by atoms with van der Waals surface area (Å²) in [5.41, 5.74) is 0.866. The zero-order chi connectivity index (χ0) is 24.0. The summed E-state index contributed by atoms with van der Waals surface area (Å²) >= 11 is 9.59. The maximum absolute atomic E-state index is 13.2. The Balaban J connectivity index is 2.04. The molecule has 0 bridgehead atoms. The quantitative estimate of drug-likeness (QED) is 0.272. The molecule has 0 saturated heterocycles. The molecule has 0 fully saturated rings. The van der Waals surface area contributed by atoms with E-state index in [2.05, 4.69) is 32.9 Å². The number of aromatic nitrogens is 2. The van der Waals surface area contributed by atoms with Crippen LogP contribution in [0.15, 0.2) is 50.8 Å². The lowest BCUT2D eigenvalue weighted by atomic mass is 10.2. The fourth-order valence-corrected chi connectivity index (χ4v) is 3.70. The van der Waals surface area contributed by atoms with Crippen LogP contribution in [0.4, 0.5) is 0 Å². The van der Waals surface area contributed by atoms with E-state index in [0.717, 1.165) is 17.3 Å². The summed E-state index contributed by atoms with van der Waals surface area (Å²) in [7, 11) is 0. The number of rotatable bonds is 9. The van der Waals surface area contributed by atoms with E-state index in [4.69, 9.17) is 21.1 Å². The molecule has 0 amide bonds. The third kappa shape index (κ3) is 6.21. The number of ether oxygens (including phenoxy) is 2. The van der Waals surface area contributed by atoms with Gasteiger partial charge >= 0.3 is 5.97 Å². The molecule has 3 aromatic rings. The van der Waals surface area contributed by atoms with Crippen molar-refractivity contribution in [2.24, 2.45) is 5.10 Å². The number of hydrogen-bond acceptors (Lipinski definition) is 6. The Hall–Kier alpha value is -2.71. The average molecular weight is 535 g/mol. The van der Waals surface area contributed by atoms with Crippen LogP contribution in [0.2, 0.25) is 5.02 Å². The van der Waals surface area contributed by atoms with Crippen molar-refractivity contribution in [2.75, 3.05) is 6.61 Å². The smallest absolute Gasteiger partial charge is 0.347 e. The predicted molar refractivity (Wildman–Crippen MR) is 133 cm³/mol. The van der Waals surface area contributed by atoms with Gasteiger partial charge in [-0.05, 0) is 56.7 Å². The van der Waals surface area contributed by atoms with Crippen molar-refractivity contribution in [2.45, 2.75) is 46.1 Å². The number of carbonyl (C=O) groups is 1. The second-order valence-electron chi connectivity index (χ2n) is 7.35. The molecule has 0 N–H and O–H groups in total. The molecule has 1 atom stereocenters. The lowest BCUT2D eigenvalue weighted by Gasteiger charge is -2.15. The van der Waals surface area contributed by atoms with Crippen molar-refractivity contribution in [3.63, 3.8) is 0 Å². The predicted octanol–water partition coefficient (Wildman–Crippen LogP) is 5.37. The van der Waals surface area contributed by atoms with Crippen LogP contribution in [0, 0.1) is 0 Å². The van der Waals surface area contributed by atoms with Gasteiger partial charge in [0.15, 0.2) is 6.10 Å². The number of aryl methyl sites for hydroxylation is 1. The summed E-state index contributed by atoms with van der Waals surface area (Å²) in [5, 5.41) is 5.37. The number of nitrogens with zero attached hydrogens (tertiary/aromatic N) is 3. The van der Waals surface area contributed by atoms with Gasteiger partial charge in [0.1, 0.15) is 11.6 Å². The van der Waals surface area contributed by atoms with Gasteiger partial charge < -0.3 is 9.47 Å². The summed E-state index contributed by atoms with van der Waals surface area (Å²) in [6.45, 7) is 5.67. The first-order valence-electron chi connectivity index (χ1n) is 10.7. The molecule has 7 nitrogen and oxygen atoms in total. The zero-order valence-electron chi connectivity index (χ0n) is 18.7. The van der Waals surface area contributed by atoms with Gasteiger partial charge in [-0.3, -0.25) is 4.79 Å². The number of fused-ring (bicyclic) bond motifs is 1. The molecule has 0 aliphatic rings. The highest BCUT2D eigenvalue weighted by molar-refractivity contribution is 9.10. The Morgan fingerprint density at radius 1 is 1.27 bits per heavy atom. The highest BCUT2D eigenvalue weighted by Gasteiger charge is 2.17. The summed E-state index contributed by atoms with van der Waals surface area (Å²) < 4.78 is 12.9. The van der Waals surface area contributed by atoms with Gasteiger partial charge in [-0.1, -0.05) is 40.9 Å². The minimum atomic E-state index is -0.819. The van der Waals surface area contributed by atoms with Crippen molar-refractivity contribution in [3.05, 3.63) is 67.6 Å². The maximum atomic E-state index is 13.2. The molecule has 9 heteroatoms. The third-order valence-corrected chi connectivity index (χ3v) is 5.56. The van der Waals surface area contributed by atoms with Crippen molar-refractivity contribution < 1.29 is 14.3 Å². The Kier molecular flexibility index (Phi) is 8.63. The van der Waals surface area contributed by atoms with Gasteiger partial charge in [-0.25, -0.2) is 9.78 Å². The molecule has 1 heterocycles. The lowest BCUT2D eigenvalue weighted by molar-refractivity contribution is -0.150. The first-order chi connectivity index (χ1) is 15.8. The third-order valence-electron chi connectivity index (χ3n) is 4.84. The van der Waals surface area contributed by atoms with Crippen LogP contribution in [0.3, 0.4) is 0 Å². The lowest BCUT2D eigenvalue weighted by Crippen LogP contribution is -2.26. The van der Waals surface area contributed by atoms with Gasteiger partial charge in [0, 0.05) is 21.5 Å². The van der Waals surface area contributed by atoms with Crippen molar-refractivity contribution in [1.29, 1.82) is 0 Å². The number of benzene rings is 2. The monoisotopic (exact) mass is 533 g/mol. The normalized spacial score (nSPS) is 12.3. The zero-order valence-corrected chi connectivity index (χ0v) is 21.0. The van der Waals surface area contributed by atoms with E-state index in [1.165, 1.54) is 10.9 Å². The Labute approximate surface area is 205 Å². The van der Waals surface area contributed by atoms with Crippen LogP contribution in [-0.2, 0) is 16.0 Å². The second-order valence-corrected chi connectivity index (χ2v) is 8.70. The highest BCUT2D eigenvalue weighted by Crippen LogP contribution is 2.23. The van der Waals surface area contributed by atoms with Gasteiger partial charge in [-0.15, -0.1) is 0 Å². The second kappa shape index (κ2) is 11.4. The number of hydrogen-bond donors (Lipinski definition) is 0. The van der Waals surface area contributed by atoms with Gasteiger partial charge in [0.05, 0.1) is 23.7 Å². The van der Waals surface area contributed by atoms with E-state index < -0.39 is 12.1 Å². The molecule has 0 aliphatic heterocycles. The topological polar surface area (TPSA) is 82.8 Å². The Morgan fingerprint density at radius 2 is 2.06 bits per heavy atom. The van der Waals surface area contributed by atoms with E-state index >= 15 is 0 Å². The first kappa shape index (κ1) is 24.9. The largest absolute Gasteiger partial charge is 0.478 e. The maximum Gasteiger partial charge on any atom is 0.347 e. The number of unbranched alkanes of at least 4 members (excludes halogenated alkanes) is 1. The molecule has 2 aromatic carbocycles. The summed E-state index contributed by atoms with van der Waals surface area (Å²) in [5.74, 6) is 0.485. The number of esters is 1. The molecule has 0 aliphatic carbocycles. The van der Waals surface area contributed by atoms with Crippen LogP contribution >= 0.6 is 27.5 Å². The van der Waals surface area contributed by atoms with Crippen LogP contribution in [0.25, 0.3) is 10.9 Å². The molecular formula is C24H25BrClN3O4. The summed E-state index contributed by atoms with van der Waals surface area (Å²) in [6, 6.07) is 10.3. The van der Waals surface area contributed by atoms with E-state index in [0.29, 0.717) is 39.5 Å².